The van der Waals surface area contributed by atoms with E-state index in [1.54, 1.807) is 0 Å². The molecule has 2 unspecified atom stereocenters. The molecule has 1 aromatic carbocycles. The number of hydrogen-bond donors (Lipinski definition) is 2. The Morgan fingerprint density at radius 3 is 2.53 bits per heavy atom. The molecule has 0 aliphatic rings. The predicted molar refractivity (Wildman–Crippen MR) is 79.8 cm³/mol. The Kier molecular flexibility index (Phi) is 6.45. The Hall–Kier alpha value is -1.46. The van der Waals surface area contributed by atoms with Crippen molar-refractivity contribution in [2.75, 3.05) is 7.11 Å². The number of thiocarbonyl (C=S) groups is 1. The zero-order valence-electron chi connectivity index (χ0n) is 11.3. The average Bonchev–Trinajstić information content (AvgIpc) is 2.40. The van der Waals surface area contributed by atoms with Crippen molar-refractivity contribution < 1.29 is 9.53 Å². The van der Waals surface area contributed by atoms with Crippen LogP contribution in [0, 0.1) is 0 Å². The van der Waals surface area contributed by atoms with E-state index in [2.05, 4.69) is 5.32 Å². The fourth-order valence-corrected chi connectivity index (χ4v) is 2.02. The standard InChI is InChI=1S/C14H20N2O2S/c1-3-7-11(13(15)19)16-14(17)12(18-2)10-8-5-4-6-9-10/h4-6,8-9,11-12H,3,7H2,1-2H3,(H2,15,19)(H,16,17). The number of benzene rings is 1. The van der Waals surface area contributed by atoms with E-state index in [1.165, 1.54) is 7.11 Å². The molecule has 1 rings (SSSR count). The molecule has 0 saturated carbocycles. The van der Waals surface area contributed by atoms with Gasteiger partial charge in [0.15, 0.2) is 6.10 Å². The van der Waals surface area contributed by atoms with Gasteiger partial charge in [-0.1, -0.05) is 55.9 Å². The summed E-state index contributed by atoms with van der Waals surface area (Å²) in [5, 5.41) is 2.84. The summed E-state index contributed by atoms with van der Waals surface area (Å²) in [4.78, 5) is 12.5. The van der Waals surface area contributed by atoms with Crippen molar-refractivity contribution in [2.24, 2.45) is 5.73 Å². The number of carbonyl (C=O) groups excluding carboxylic acids is 1. The van der Waals surface area contributed by atoms with Crippen LogP contribution in [0.1, 0.15) is 31.4 Å². The predicted octanol–water partition coefficient (Wildman–Crippen LogP) is 1.95. The van der Waals surface area contributed by atoms with E-state index in [-0.39, 0.29) is 11.9 Å². The van der Waals surface area contributed by atoms with Gasteiger partial charge in [0.2, 0.25) is 0 Å². The molecule has 104 valence electrons. The van der Waals surface area contributed by atoms with Gasteiger partial charge in [-0.15, -0.1) is 0 Å². The van der Waals surface area contributed by atoms with Gasteiger partial charge in [-0.2, -0.15) is 0 Å². The lowest BCUT2D eigenvalue weighted by Gasteiger charge is -2.21. The van der Waals surface area contributed by atoms with Crippen molar-refractivity contribution >= 4 is 23.1 Å². The largest absolute Gasteiger partial charge is 0.392 e. The third-order valence-corrected chi connectivity index (χ3v) is 3.10. The molecule has 0 fully saturated rings. The highest BCUT2D eigenvalue weighted by Crippen LogP contribution is 2.16. The number of methoxy groups -OCH3 is 1. The van der Waals surface area contributed by atoms with Crippen LogP contribution in [0.5, 0.6) is 0 Å². The minimum absolute atomic E-state index is 0.222. The molecule has 0 saturated heterocycles. The number of amides is 1. The van der Waals surface area contributed by atoms with E-state index in [1.807, 2.05) is 37.3 Å². The van der Waals surface area contributed by atoms with Crippen LogP contribution in [0.25, 0.3) is 0 Å². The van der Waals surface area contributed by atoms with Crippen LogP contribution in [0.3, 0.4) is 0 Å². The molecule has 1 aromatic rings. The molecule has 0 aliphatic carbocycles. The van der Waals surface area contributed by atoms with Crippen LogP contribution in [0.2, 0.25) is 0 Å². The van der Waals surface area contributed by atoms with E-state index >= 15 is 0 Å². The monoisotopic (exact) mass is 280 g/mol. The van der Waals surface area contributed by atoms with E-state index in [4.69, 9.17) is 22.7 Å². The second-order valence-electron chi connectivity index (χ2n) is 4.28. The van der Waals surface area contributed by atoms with Crippen molar-refractivity contribution in [2.45, 2.75) is 31.9 Å². The fraction of sp³-hybridized carbons (Fsp3) is 0.429. The highest BCUT2D eigenvalue weighted by Gasteiger charge is 2.23. The zero-order chi connectivity index (χ0) is 14.3. The molecule has 0 bridgehead atoms. The van der Waals surface area contributed by atoms with E-state index in [9.17, 15) is 4.79 Å². The molecule has 5 heteroatoms. The van der Waals surface area contributed by atoms with Gasteiger partial charge < -0.3 is 15.8 Å². The van der Waals surface area contributed by atoms with Gasteiger partial charge in [-0.25, -0.2) is 0 Å². The topological polar surface area (TPSA) is 64.3 Å². The summed E-state index contributed by atoms with van der Waals surface area (Å²) in [6.45, 7) is 2.02. The Morgan fingerprint density at radius 2 is 2.05 bits per heavy atom. The Bertz CT molecular complexity index is 423. The molecule has 19 heavy (non-hydrogen) atoms. The number of ether oxygens (including phenoxy) is 1. The van der Waals surface area contributed by atoms with Crippen molar-refractivity contribution in [3.05, 3.63) is 35.9 Å². The van der Waals surface area contributed by atoms with Gasteiger partial charge in [-0.3, -0.25) is 4.79 Å². The molecule has 4 nitrogen and oxygen atoms in total. The first-order valence-corrected chi connectivity index (χ1v) is 6.68. The third kappa shape index (κ3) is 4.61. The van der Waals surface area contributed by atoms with Crippen molar-refractivity contribution in [1.29, 1.82) is 0 Å². The summed E-state index contributed by atoms with van der Waals surface area (Å²) in [5.74, 6) is -0.222. The molecule has 2 atom stereocenters. The van der Waals surface area contributed by atoms with Gasteiger partial charge in [0.25, 0.3) is 5.91 Å². The Morgan fingerprint density at radius 1 is 1.42 bits per heavy atom. The second kappa shape index (κ2) is 7.86. The molecular formula is C14H20N2O2S. The summed E-state index contributed by atoms with van der Waals surface area (Å²) in [6, 6.07) is 9.04. The first kappa shape index (κ1) is 15.6. The maximum absolute atomic E-state index is 12.2. The van der Waals surface area contributed by atoms with E-state index in [0.29, 0.717) is 4.99 Å². The van der Waals surface area contributed by atoms with Crippen LogP contribution in [0.4, 0.5) is 0 Å². The molecule has 0 spiro atoms. The first-order valence-electron chi connectivity index (χ1n) is 6.27. The van der Waals surface area contributed by atoms with Crippen LogP contribution in [-0.4, -0.2) is 24.0 Å². The van der Waals surface area contributed by atoms with Gasteiger partial charge in [-0.05, 0) is 12.0 Å². The zero-order valence-corrected chi connectivity index (χ0v) is 12.1. The molecule has 0 heterocycles. The van der Waals surface area contributed by atoms with E-state index in [0.717, 1.165) is 18.4 Å². The quantitative estimate of drug-likeness (QED) is 0.749. The van der Waals surface area contributed by atoms with Crippen molar-refractivity contribution in [3.8, 4) is 0 Å². The maximum atomic E-state index is 12.2. The van der Waals surface area contributed by atoms with Crippen molar-refractivity contribution in [3.63, 3.8) is 0 Å². The molecule has 3 N–H and O–H groups in total. The number of carbonyl (C=O) groups is 1. The third-order valence-electron chi connectivity index (χ3n) is 2.81. The highest BCUT2D eigenvalue weighted by atomic mass is 32.1. The number of rotatable bonds is 7. The summed E-state index contributed by atoms with van der Waals surface area (Å²) in [7, 11) is 1.51. The van der Waals surface area contributed by atoms with Crippen LogP contribution >= 0.6 is 12.2 Å². The summed E-state index contributed by atoms with van der Waals surface area (Å²) in [6.07, 6.45) is 0.979. The molecular weight excluding hydrogens is 260 g/mol. The number of hydrogen-bond acceptors (Lipinski definition) is 3. The van der Waals surface area contributed by atoms with Crippen molar-refractivity contribution in [1.82, 2.24) is 5.32 Å². The number of nitrogens with one attached hydrogen (secondary N) is 1. The summed E-state index contributed by atoms with van der Waals surface area (Å²) in [5.41, 5.74) is 6.43. The lowest BCUT2D eigenvalue weighted by atomic mass is 10.1. The first-order chi connectivity index (χ1) is 9.10. The van der Waals surface area contributed by atoms with Gasteiger partial charge >= 0.3 is 0 Å². The average molecular weight is 280 g/mol. The van der Waals surface area contributed by atoms with Crippen LogP contribution < -0.4 is 11.1 Å². The normalized spacial score (nSPS) is 13.6. The Balaban J connectivity index is 2.76. The minimum atomic E-state index is -0.644. The molecule has 0 aliphatic heterocycles. The molecule has 1 amide bonds. The van der Waals surface area contributed by atoms with Crippen LogP contribution in [-0.2, 0) is 9.53 Å². The fourth-order valence-electron chi connectivity index (χ4n) is 1.84. The summed E-state index contributed by atoms with van der Waals surface area (Å²) < 4.78 is 5.26. The number of nitrogens with two attached hydrogens (primary N) is 1. The van der Waals surface area contributed by atoms with E-state index < -0.39 is 6.10 Å². The molecule has 0 aromatic heterocycles. The lowest BCUT2D eigenvalue weighted by Crippen LogP contribution is -2.45. The Labute approximate surface area is 119 Å². The maximum Gasteiger partial charge on any atom is 0.254 e. The SMILES string of the molecule is CCCC(NC(=O)C(OC)c1ccccc1)C(N)=S. The van der Waals surface area contributed by atoms with Gasteiger partial charge in [0.1, 0.15) is 0 Å². The van der Waals surface area contributed by atoms with Crippen LogP contribution in [0.15, 0.2) is 30.3 Å². The minimum Gasteiger partial charge on any atom is -0.392 e. The van der Waals surface area contributed by atoms with Gasteiger partial charge in [0, 0.05) is 7.11 Å². The smallest absolute Gasteiger partial charge is 0.254 e. The lowest BCUT2D eigenvalue weighted by molar-refractivity contribution is -0.131. The highest BCUT2D eigenvalue weighted by molar-refractivity contribution is 7.80. The second-order valence-corrected chi connectivity index (χ2v) is 4.75. The van der Waals surface area contributed by atoms with Gasteiger partial charge in [0.05, 0.1) is 11.0 Å². The summed E-state index contributed by atoms with van der Waals surface area (Å²) >= 11 is 4.96. The molecule has 0 radical (unpaired) electrons.